The van der Waals surface area contributed by atoms with E-state index in [-0.39, 0.29) is 6.17 Å². The highest BCUT2D eigenvalue weighted by Crippen LogP contribution is 2.21. The molecule has 1 unspecified atom stereocenters. The Hall–Kier alpha value is -1.62. The standard InChI is InChI=1S/C10H9N3OS/c1-3-8(15-6-1)10-12-9(7-14-10)13-5-2-4-11-13/h1-6,9H,7H2. The lowest BCUT2D eigenvalue weighted by molar-refractivity contribution is 0.278. The van der Waals surface area contributed by atoms with Crippen LogP contribution >= 0.6 is 11.3 Å². The Kier molecular flexibility index (Phi) is 2.03. The maximum Gasteiger partial charge on any atom is 0.228 e. The van der Waals surface area contributed by atoms with Gasteiger partial charge in [0.1, 0.15) is 6.61 Å². The molecule has 4 nitrogen and oxygen atoms in total. The maximum absolute atomic E-state index is 5.53. The summed E-state index contributed by atoms with van der Waals surface area (Å²) in [5.74, 6) is 0.727. The van der Waals surface area contributed by atoms with E-state index in [1.165, 1.54) is 0 Å². The van der Waals surface area contributed by atoms with Gasteiger partial charge < -0.3 is 4.74 Å². The Morgan fingerprint density at radius 1 is 1.47 bits per heavy atom. The molecule has 15 heavy (non-hydrogen) atoms. The zero-order valence-corrected chi connectivity index (χ0v) is 8.72. The van der Waals surface area contributed by atoms with Crippen LogP contribution in [-0.2, 0) is 4.74 Å². The summed E-state index contributed by atoms with van der Waals surface area (Å²) in [5, 5.41) is 6.16. The predicted octanol–water partition coefficient (Wildman–Crippen LogP) is 1.92. The van der Waals surface area contributed by atoms with Crippen LogP contribution in [0, 0.1) is 0 Å². The van der Waals surface area contributed by atoms with Gasteiger partial charge in [-0.05, 0) is 17.5 Å². The Morgan fingerprint density at radius 2 is 2.47 bits per heavy atom. The predicted molar refractivity (Wildman–Crippen MR) is 58.1 cm³/mol. The highest BCUT2D eigenvalue weighted by atomic mass is 32.1. The molecule has 0 bridgehead atoms. The van der Waals surface area contributed by atoms with Gasteiger partial charge in [0.2, 0.25) is 5.90 Å². The van der Waals surface area contributed by atoms with Crippen molar-refractivity contribution in [3.05, 3.63) is 40.8 Å². The van der Waals surface area contributed by atoms with Gasteiger partial charge >= 0.3 is 0 Å². The molecular weight excluding hydrogens is 210 g/mol. The molecule has 76 valence electrons. The molecule has 1 aliphatic rings. The van der Waals surface area contributed by atoms with E-state index < -0.39 is 0 Å². The summed E-state index contributed by atoms with van der Waals surface area (Å²) in [7, 11) is 0. The first-order valence-corrected chi connectivity index (χ1v) is 5.55. The lowest BCUT2D eigenvalue weighted by Gasteiger charge is -2.03. The molecule has 0 aliphatic carbocycles. The monoisotopic (exact) mass is 219 g/mol. The van der Waals surface area contributed by atoms with Crippen LogP contribution in [0.2, 0.25) is 0 Å². The number of thiophene rings is 1. The number of hydrogen-bond donors (Lipinski definition) is 0. The molecule has 3 rings (SSSR count). The van der Waals surface area contributed by atoms with Gasteiger partial charge in [-0.25, -0.2) is 9.67 Å². The van der Waals surface area contributed by atoms with E-state index in [1.807, 2.05) is 29.8 Å². The number of hydrogen-bond acceptors (Lipinski definition) is 4. The van der Waals surface area contributed by atoms with E-state index in [2.05, 4.69) is 10.1 Å². The van der Waals surface area contributed by atoms with Gasteiger partial charge in [0, 0.05) is 12.4 Å². The largest absolute Gasteiger partial charge is 0.472 e. The fourth-order valence-electron chi connectivity index (χ4n) is 1.49. The molecular formula is C10H9N3OS. The van der Waals surface area contributed by atoms with Crippen LogP contribution in [0.5, 0.6) is 0 Å². The van der Waals surface area contributed by atoms with Gasteiger partial charge in [0.05, 0.1) is 4.88 Å². The van der Waals surface area contributed by atoms with Crippen molar-refractivity contribution in [2.45, 2.75) is 6.17 Å². The average molecular weight is 219 g/mol. The van der Waals surface area contributed by atoms with Gasteiger partial charge in [-0.2, -0.15) is 5.10 Å². The molecule has 0 radical (unpaired) electrons. The summed E-state index contributed by atoms with van der Waals surface area (Å²) in [6, 6.07) is 5.89. The Bertz CT molecular complexity index is 461. The molecule has 0 N–H and O–H groups in total. The van der Waals surface area contributed by atoms with Crippen molar-refractivity contribution in [3.63, 3.8) is 0 Å². The first-order valence-electron chi connectivity index (χ1n) is 4.67. The molecule has 2 aromatic rings. The van der Waals surface area contributed by atoms with Crippen molar-refractivity contribution in [1.29, 1.82) is 0 Å². The first-order chi connectivity index (χ1) is 7.43. The molecule has 0 saturated carbocycles. The number of ether oxygens (including phenoxy) is 1. The van der Waals surface area contributed by atoms with Crippen molar-refractivity contribution in [2.24, 2.45) is 4.99 Å². The second kappa shape index (κ2) is 3.51. The van der Waals surface area contributed by atoms with Gasteiger partial charge in [0.25, 0.3) is 0 Å². The highest BCUT2D eigenvalue weighted by Gasteiger charge is 2.21. The van der Waals surface area contributed by atoms with Crippen molar-refractivity contribution >= 4 is 17.2 Å². The van der Waals surface area contributed by atoms with Gasteiger partial charge in [-0.1, -0.05) is 6.07 Å². The number of aromatic nitrogens is 2. The van der Waals surface area contributed by atoms with Crippen LogP contribution in [-0.4, -0.2) is 22.3 Å². The van der Waals surface area contributed by atoms with Crippen molar-refractivity contribution in [3.8, 4) is 0 Å². The second-order valence-corrected chi connectivity index (χ2v) is 4.14. The van der Waals surface area contributed by atoms with Crippen LogP contribution in [0.4, 0.5) is 0 Å². The first kappa shape index (κ1) is 8.67. The third kappa shape index (κ3) is 1.55. The molecule has 0 fully saturated rings. The molecule has 0 amide bonds. The van der Waals surface area contributed by atoms with Crippen molar-refractivity contribution < 1.29 is 4.74 Å². The summed E-state index contributed by atoms with van der Waals surface area (Å²) >= 11 is 1.63. The molecule has 5 heteroatoms. The molecule has 2 aromatic heterocycles. The topological polar surface area (TPSA) is 39.4 Å². The average Bonchev–Trinajstić information content (AvgIpc) is 3.02. The van der Waals surface area contributed by atoms with E-state index in [0.717, 1.165) is 10.8 Å². The smallest absolute Gasteiger partial charge is 0.228 e. The number of rotatable bonds is 2. The van der Waals surface area contributed by atoms with Crippen molar-refractivity contribution in [1.82, 2.24) is 9.78 Å². The molecule has 1 atom stereocenters. The molecule has 0 saturated heterocycles. The van der Waals surface area contributed by atoms with E-state index >= 15 is 0 Å². The third-order valence-corrected chi connectivity index (χ3v) is 3.06. The summed E-state index contributed by atoms with van der Waals surface area (Å²) in [5.41, 5.74) is 0. The minimum Gasteiger partial charge on any atom is -0.472 e. The molecule has 1 aliphatic heterocycles. The fraction of sp³-hybridized carbons (Fsp3) is 0.200. The lowest BCUT2D eigenvalue weighted by atomic mass is 10.5. The second-order valence-electron chi connectivity index (χ2n) is 3.19. The molecule has 0 spiro atoms. The van der Waals surface area contributed by atoms with Crippen LogP contribution in [0.15, 0.2) is 41.0 Å². The van der Waals surface area contributed by atoms with Crippen molar-refractivity contribution in [2.75, 3.05) is 6.61 Å². The van der Waals surface area contributed by atoms with Gasteiger partial charge in [-0.3, -0.25) is 0 Å². The fourth-order valence-corrected chi connectivity index (χ4v) is 2.16. The zero-order valence-electron chi connectivity index (χ0n) is 7.91. The summed E-state index contributed by atoms with van der Waals surface area (Å²) < 4.78 is 7.34. The third-order valence-electron chi connectivity index (χ3n) is 2.20. The van der Waals surface area contributed by atoms with Crippen LogP contribution < -0.4 is 0 Å². The highest BCUT2D eigenvalue weighted by molar-refractivity contribution is 7.12. The Balaban J connectivity index is 1.87. The summed E-state index contributed by atoms with van der Waals surface area (Å²) in [6.07, 6.45) is 3.63. The minimum absolute atomic E-state index is 0.0166. The van der Waals surface area contributed by atoms with E-state index in [0.29, 0.717) is 6.61 Å². The Morgan fingerprint density at radius 3 is 3.20 bits per heavy atom. The number of aliphatic imine (C=N–C) groups is 1. The summed E-state index contributed by atoms with van der Waals surface area (Å²) in [6.45, 7) is 0.564. The van der Waals surface area contributed by atoms with Crippen LogP contribution in [0.3, 0.4) is 0 Å². The quantitative estimate of drug-likeness (QED) is 0.774. The van der Waals surface area contributed by atoms with Crippen LogP contribution in [0.1, 0.15) is 11.0 Å². The summed E-state index contributed by atoms with van der Waals surface area (Å²) in [4.78, 5) is 5.55. The lowest BCUT2D eigenvalue weighted by Crippen LogP contribution is -2.07. The Labute approximate surface area is 90.8 Å². The maximum atomic E-state index is 5.53. The normalized spacial score (nSPS) is 20.0. The van der Waals surface area contributed by atoms with Gasteiger partial charge in [-0.15, -0.1) is 11.3 Å². The number of nitrogens with zero attached hydrogens (tertiary/aromatic N) is 3. The van der Waals surface area contributed by atoms with E-state index in [1.54, 1.807) is 22.2 Å². The van der Waals surface area contributed by atoms with Crippen LogP contribution in [0.25, 0.3) is 0 Å². The SMILES string of the molecule is c1csc(C2=NC(n3cccn3)CO2)c1. The zero-order chi connectivity index (χ0) is 10.1. The van der Waals surface area contributed by atoms with E-state index in [9.17, 15) is 0 Å². The molecule has 3 heterocycles. The van der Waals surface area contributed by atoms with E-state index in [4.69, 9.17) is 4.74 Å². The minimum atomic E-state index is -0.0166. The van der Waals surface area contributed by atoms with Gasteiger partial charge in [0.15, 0.2) is 6.17 Å². The molecule has 0 aromatic carbocycles.